The van der Waals surface area contributed by atoms with Crippen molar-refractivity contribution in [1.82, 2.24) is 15.0 Å². The maximum atomic E-state index is 12.6. The van der Waals surface area contributed by atoms with E-state index < -0.39 is 11.6 Å². The lowest BCUT2D eigenvalue weighted by Crippen LogP contribution is -2.41. The maximum absolute atomic E-state index is 12.6. The third kappa shape index (κ3) is 5.35. The van der Waals surface area contributed by atoms with Gasteiger partial charge in [-0.2, -0.15) is 0 Å². The smallest absolute Gasteiger partial charge is 0.360 e. The number of hydrogen-bond acceptors (Lipinski definition) is 10. The number of hydrogen-bond donors (Lipinski definition) is 2. The molecule has 3 fully saturated rings. The molecule has 2 aliphatic heterocycles. The van der Waals surface area contributed by atoms with Crippen LogP contribution in [0.3, 0.4) is 0 Å². The minimum Gasteiger partial charge on any atom is -0.464 e. The zero-order valence-corrected chi connectivity index (χ0v) is 21.5. The number of piperidine rings is 1. The highest BCUT2D eigenvalue weighted by atomic mass is 35.5. The van der Waals surface area contributed by atoms with Crippen LogP contribution in [0.2, 0.25) is 5.02 Å². The SMILES string of the molecule is COC(=O)c1nc(Sc2ccnc(NCC3(O)CC3)c2Cl)cnc1N1CCC2(CC1)CO[C@@H](C)C2. The van der Waals surface area contributed by atoms with E-state index in [9.17, 15) is 9.90 Å². The van der Waals surface area contributed by atoms with Crippen molar-refractivity contribution >= 4 is 41.0 Å². The van der Waals surface area contributed by atoms with Gasteiger partial charge >= 0.3 is 5.97 Å². The summed E-state index contributed by atoms with van der Waals surface area (Å²) < 4.78 is 10.9. The number of aliphatic hydroxyl groups is 1. The summed E-state index contributed by atoms with van der Waals surface area (Å²) in [7, 11) is 1.35. The topological polar surface area (TPSA) is 110 Å². The van der Waals surface area contributed by atoms with Crippen LogP contribution < -0.4 is 10.2 Å². The molecule has 1 atom stereocenters. The van der Waals surface area contributed by atoms with E-state index in [1.165, 1.54) is 18.9 Å². The fourth-order valence-electron chi connectivity index (χ4n) is 4.78. The van der Waals surface area contributed by atoms with Crippen molar-refractivity contribution in [2.24, 2.45) is 5.41 Å². The van der Waals surface area contributed by atoms with Gasteiger partial charge in [-0.25, -0.2) is 19.7 Å². The highest BCUT2D eigenvalue weighted by molar-refractivity contribution is 7.99. The van der Waals surface area contributed by atoms with Crippen molar-refractivity contribution in [3.8, 4) is 0 Å². The Morgan fingerprint density at radius 2 is 2.11 bits per heavy atom. The van der Waals surface area contributed by atoms with E-state index in [1.54, 1.807) is 18.5 Å². The Hall–Kier alpha value is -2.14. The zero-order chi connectivity index (χ0) is 24.6. The van der Waals surface area contributed by atoms with Gasteiger partial charge in [0.2, 0.25) is 0 Å². The molecule has 5 rings (SSSR count). The molecule has 11 heteroatoms. The average molecular weight is 520 g/mol. The Labute approximate surface area is 214 Å². The van der Waals surface area contributed by atoms with Crippen molar-refractivity contribution in [3.05, 3.63) is 29.2 Å². The molecule has 0 bridgehead atoms. The van der Waals surface area contributed by atoms with Crippen molar-refractivity contribution < 1.29 is 19.4 Å². The molecule has 9 nitrogen and oxygen atoms in total. The Bertz CT molecular complexity index is 1110. The molecule has 1 saturated carbocycles. The van der Waals surface area contributed by atoms with Gasteiger partial charge in [-0.05, 0) is 50.5 Å². The van der Waals surface area contributed by atoms with E-state index in [2.05, 4.69) is 32.1 Å². The molecular weight excluding hydrogens is 490 g/mol. The van der Waals surface area contributed by atoms with Gasteiger partial charge in [0.1, 0.15) is 10.8 Å². The van der Waals surface area contributed by atoms with E-state index in [0.29, 0.717) is 34.3 Å². The van der Waals surface area contributed by atoms with Crippen LogP contribution >= 0.6 is 23.4 Å². The molecule has 35 heavy (non-hydrogen) atoms. The van der Waals surface area contributed by atoms with Gasteiger partial charge in [0.25, 0.3) is 0 Å². The van der Waals surface area contributed by atoms with Crippen LogP contribution in [-0.4, -0.2) is 71.1 Å². The number of methoxy groups -OCH3 is 1. The number of anilines is 2. The Morgan fingerprint density at radius 3 is 2.77 bits per heavy atom. The first-order valence-electron chi connectivity index (χ1n) is 11.9. The first-order valence-corrected chi connectivity index (χ1v) is 13.1. The molecule has 188 valence electrons. The van der Waals surface area contributed by atoms with Gasteiger partial charge in [0.05, 0.1) is 36.6 Å². The predicted molar refractivity (Wildman–Crippen MR) is 133 cm³/mol. The lowest BCUT2D eigenvalue weighted by Gasteiger charge is -2.39. The summed E-state index contributed by atoms with van der Waals surface area (Å²) in [5.41, 5.74) is -0.241. The van der Waals surface area contributed by atoms with E-state index in [4.69, 9.17) is 21.1 Å². The van der Waals surface area contributed by atoms with Crippen LogP contribution in [0, 0.1) is 5.41 Å². The van der Waals surface area contributed by atoms with Crippen LogP contribution in [0.25, 0.3) is 0 Å². The Kier molecular flexibility index (Phi) is 6.82. The number of halogens is 1. The maximum Gasteiger partial charge on any atom is 0.360 e. The summed E-state index contributed by atoms with van der Waals surface area (Å²) in [6.07, 6.45) is 8.22. The fourth-order valence-corrected chi connectivity index (χ4v) is 5.86. The molecule has 2 saturated heterocycles. The lowest BCUT2D eigenvalue weighted by atomic mass is 9.77. The molecule has 0 unspecified atom stereocenters. The number of rotatable bonds is 7. The van der Waals surface area contributed by atoms with E-state index in [1.807, 2.05) is 0 Å². The van der Waals surface area contributed by atoms with Crippen LogP contribution in [-0.2, 0) is 9.47 Å². The predicted octanol–water partition coefficient (Wildman–Crippen LogP) is 3.80. The second-order valence-corrected chi connectivity index (χ2v) is 11.3. The van der Waals surface area contributed by atoms with Gasteiger partial charge < -0.3 is 24.8 Å². The minimum atomic E-state index is -0.665. The minimum absolute atomic E-state index is 0.198. The number of pyridine rings is 1. The molecule has 1 spiro atoms. The molecule has 0 amide bonds. The fraction of sp³-hybridized carbons (Fsp3) is 0.583. The number of carbonyl (C=O) groups excluding carboxylic acids is 1. The average Bonchev–Trinajstić information content (AvgIpc) is 3.50. The molecule has 0 aromatic carbocycles. The number of carbonyl (C=O) groups is 1. The molecular formula is C24H30ClN5O4S. The first kappa shape index (κ1) is 24.5. The molecule has 3 aliphatic rings. The van der Waals surface area contributed by atoms with Crippen molar-refractivity contribution in [3.63, 3.8) is 0 Å². The van der Waals surface area contributed by atoms with Crippen LogP contribution in [0.1, 0.15) is 49.5 Å². The van der Waals surface area contributed by atoms with Crippen LogP contribution in [0.15, 0.2) is 28.4 Å². The zero-order valence-electron chi connectivity index (χ0n) is 19.9. The van der Waals surface area contributed by atoms with Gasteiger partial charge in [0.15, 0.2) is 11.5 Å². The Balaban J connectivity index is 1.33. The number of nitrogens with zero attached hydrogens (tertiary/aromatic N) is 4. The summed E-state index contributed by atoms with van der Waals surface area (Å²) in [5, 5.41) is 14.2. The standard InChI is InChI=1S/C24H30ClN5O4S/c1-15-11-23(14-34-15)6-9-30(10-7-23)21-19(22(31)33-2)29-17(12-27-21)35-16-3-8-26-20(18(16)25)28-13-24(32)4-5-24/h3,8,12,15,32H,4-7,9-11,13-14H2,1-2H3,(H,26,28)/t15-/m0/s1. The van der Waals surface area contributed by atoms with E-state index >= 15 is 0 Å². The van der Waals surface area contributed by atoms with Gasteiger partial charge in [-0.1, -0.05) is 23.4 Å². The van der Waals surface area contributed by atoms with Crippen molar-refractivity contribution in [1.29, 1.82) is 0 Å². The first-order chi connectivity index (χ1) is 16.8. The Morgan fingerprint density at radius 1 is 1.34 bits per heavy atom. The van der Waals surface area contributed by atoms with E-state index in [0.717, 1.165) is 56.7 Å². The summed E-state index contributed by atoms with van der Waals surface area (Å²) in [4.78, 5) is 29.0. The number of aromatic nitrogens is 3. The van der Waals surface area contributed by atoms with Crippen LogP contribution in [0.4, 0.5) is 11.6 Å². The van der Waals surface area contributed by atoms with Crippen molar-refractivity contribution in [2.75, 3.05) is 43.6 Å². The lowest BCUT2D eigenvalue weighted by molar-refractivity contribution is 0.0593. The number of esters is 1. The van der Waals surface area contributed by atoms with Gasteiger partial charge in [-0.15, -0.1) is 0 Å². The third-order valence-electron chi connectivity index (χ3n) is 7.11. The largest absolute Gasteiger partial charge is 0.464 e. The second-order valence-electron chi connectivity index (χ2n) is 9.84. The molecule has 4 heterocycles. The normalized spacial score (nSPS) is 22.3. The third-order valence-corrected chi connectivity index (χ3v) is 8.57. The second kappa shape index (κ2) is 9.72. The summed E-state index contributed by atoms with van der Waals surface area (Å²) in [5.74, 6) is 0.528. The molecule has 2 N–H and O–H groups in total. The van der Waals surface area contributed by atoms with Gasteiger partial charge in [0, 0.05) is 30.7 Å². The quantitative estimate of drug-likeness (QED) is 0.524. The monoisotopic (exact) mass is 519 g/mol. The highest BCUT2D eigenvalue weighted by Gasteiger charge is 2.42. The van der Waals surface area contributed by atoms with Crippen LogP contribution in [0.5, 0.6) is 0 Å². The van der Waals surface area contributed by atoms with Gasteiger partial charge in [-0.3, -0.25) is 0 Å². The molecule has 2 aromatic rings. The van der Waals surface area contributed by atoms with E-state index in [-0.39, 0.29) is 11.1 Å². The summed E-state index contributed by atoms with van der Waals surface area (Å²) >= 11 is 7.87. The number of ether oxygens (including phenoxy) is 2. The van der Waals surface area contributed by atoms with Crippen molar-refractivity contribution in [2.45, 2.75) is 60.7 Å². The molecule has 2 aromatic heterocycles. The summed E-state index contributed by atoms with van der Waals surface area (Å²) in [6, 6.07) is 1.78. The molecule has 1 aliphatic carbocycles. The molecule has 0 radical (unpaired) electrons. The summed E-state index contributed by atoms with van der Waals surface area (Å²) in [6.45, 7) is 4.91. The highest BCUT2D eigenvalue weighted by Crippen LogP contribution is 2.43. The number of nitrogens with one attached hydrogen (secondary N) is 1.